The van der Waals surface area contributed by atoms with Crippen molar-refractivity contribution in [3.63, 3.8) is 0 Å². The lowest BCUT2D eigenvalue weighted by Crippen LogP contribution is -2.20. The number of benzene rings is 1. The third kappa shape index (κ3) is 8.21. The fourth-order valence-electron chi connectivity index (χ4n) is 2.30. The molecule has 20 heavy (non-hydrogen) atoms. The molecule has 1 aromatic carbocycles. The molecule has 0 fully saturated rings. The Bertz CT molecular complexity index is 353. The number of unbranched alkanes of at least 4 members (excludes halogenated alkanes) is 3. The van der Waals surface area contributed by atoms with Crippen LogP contribution in [-0.2, 0) is 0 Å². The van der Waals surface area contributed by atoms with Gasteiger partial charge >= 0.3 is 0 Å². The normalized spacial score (nSPS) is 11.1. The first-order valence-electron chi connectivity index (χ1n) is 7.99. The van der Waals surface area contributed by atoms with Crippen LogP contribution in [0.5, 0.6) is 5.75 Å². The lowest BCUT2D eigenvalue weighted by Gasteiger charge is -2.09. The molecule has 0 unspecified atom stereocenters. The molecule has 0 heterocycles. The lowest BCUT2D eigenvalue weighted by molar-refractivity contribution is 0.304. The summed E-state index contributed by atoms with van der Waals surface area (Å²) in [6, 6.07) is 6.41. The Morgan fingerprint density at radius 1 is 0.950 bits per heavy atom. The van der Waals surface area contributed by atoms with Gasteiger partial charge in [0.25, 0.3) is 0 Å². The van der Waals surface area contributed by atoms with E-state index in [0.717, 1.165) is 37.8 Å². The van der Waals surface area contributed by atoms with Gasteiger partial charge in [0.2, 0.25) is 0 Å². The van der Waals surface area contributed by atoms with Gasteiger partial charge < -0.3 is 10.1 Å². The zero-order valence-corrected chi connectivity index (χ0v) is 13.7. The number of hydrogen-bond donors (Lipinski definition) is 1. The number of hydrogen-bond acceptors (Lipinski definition) is 2. The van der Waals surface area contributed by atoms with Crippen molar-refractivity contribution >= 4 is 0 Å². The van der Waals surface area contributed by atoms with Crippen LogP contribution in [0.1, 0.15) is 50.7 Å². The van der Waals surface area contributed by atoms with Crippen molar-refractivity contribution in [2.24, 2.45) is 5.92 Å². The first-order chi connectivity index (χ1) is 9.58. The molecule has 0 amide bonds. The van der Waals surface area contributed by atoms with E-state index in [1.54, 1.807) is 0 Å². The fourth-order valence-corrected chi connectivity index (χ4v) is 2.30. The smallest absolute Gasteiger partial charge is 0.119 e. The summed E-state index contributed by atoms with van der Waals surface area (Å²) in [6.07, 6.45) is 4.98. The van der Waals surface area contributed by atoms with E-state index in [9.17, 15) is 0 Å². The van der Waals surface area contributed by atoms with Gasteiger partial charge in [-0.15, -0.1) is 0 Å². The molecule has 0 spiro atoms. The van der Waals surface area contributed by atoms with Gasteiger partial charge in [-0.1, -0.05) is 32.8 Å². The van der Waals surface area contributed by atoms with Gasteiger partial charge in [0, 0.05) is 0 Å². The van der Waals surface area contributed by atoms with Crippen LogP contribution in [0.25, 0.3) is 0 Å². The molecular formula is C18H31NO. The van der Waals surface area contributed by atoms with Gasteiger partial charge in [-0.25, -0.2) is 0 Å². The molecule has 0 aliphatic heterocycles. The number of rotatable bonds is 10. The predicted molar refractivity (Wildman–Crippen MR) is 87.6 cm³/mol. The minimum atomic E-state index is 0.751. The molecular weight excluding hydrogens is 246 g/mol. The number of aryl methyl sites for hydroxylation is 2. The lowest BCUT2D eigenvalue weighted by atomic mass is 10.1. The average Bonchev–Trinajstić information content (AvgIpc) is 2.35. The molecule has 0 saturated heterocycles. The molecule has 1 rings (SSSR count). The Labute approximate surface area is 124 Å². The first-order valence-corrected chi connectivity index (χ1v) is 7.99. The molecule has 114 valence electrons. The minimum Gasteiger partial charge on any atom is -0.494 e. The highest BCUT2D eigenvalue weighted by atomic mass is 16.5. The van der Waals surface area contributed by atoms with Gasteiger partial charge in [-0.05, 0) is 69.0 Å². The van der Waals surface area contributed by atoms with E-state index in [0.29, 0.717) is 0 Å². The topological polar surface area (TPSA) is 21.3 Å². The fraction of sp³-hybridized carbons (Fsp3) is 0.667. The maximum Gasteiger partial charge on any atom is 0.119 e. The van der Waals surface area contributed by atoms with E-state index < -0.39 is 0 Å². The van der Waals surface area contributed by atoms with E-state index in [2.05, 4.69) is 51.2 Å². The van der Waals surface area contributed by atoms with Crippen LogP contribution in [0.3, 0.4) is 0 Å². The van der Waals surface area contributed by atoms with Crippen molar-refractivity contribution < 1.29 is 4.74 Å². The second-order valence-electron chi connectivity index (χ2n) is 6.18. The summed E-state index contributed by atoms with van der Waals surface area (Å²) in [6.45, 7) is 11.8. The summed E-state index contributed by atoms with van der Waals surface area (Å²) in [5.74, 6) is 1.77. The molecule has 0 atom stereocenters. The largest absolute Gasteiger partial charge is 0.494 e. The molecule has 2 nitrogen and oxygen atoms in total. The second kappa shape index (κ2) is 9.82. The highest BCUT2D eigenvalue weighted by Crippen LogP contribution is 2.16. The zero-order valence-electron chi connectivity index (χ0n) is 13.7. The number of ether oxygens (including phenoxy) is 1. The third-order valence-corrected chi connectivity index (χ3v) is 3.26. The number of nitrogens with one attached hydrogen (secondary N) is 1. The van der Waals surface area contributed by atoms with Gasteiger partial charge in [-0.3, -0.25) is 0 Å². The van der Waals surface area contributed by atoms with Crippen LogP contribution in [0.2, 0.25) is 0 Å². The standard InChI is InChI=1S/C18H31NO/c1-15(2)14-19-9-7-5-6-8-10-20-18-12-16(3)11-17(4)13-18/h11-13,15,19H,5-10,14H2,1-4H3. The van der Waals surface area contributed by atoms with Crippen LogP contribution < -0.4 is 10.1 Å². The molecule has 1 N–H and O–H groups in total. The van der Waals surface area contributed by atoms with Crippen LogP contribution in [-0.4, -0.2) is 19.7 Å². The Morgan fingerprint density at radius 3 is 2.25 bits per heavy atom. The quantitative estimate of drug-likeness (QED) is 0.636. The van der Waals surface area contributed by atoms with Crippen molar-refractivity contribution in [2.75, 3.05) is 19.7 Å². The Balaban J connectivity index is 1.99. The second-order valence-corrected chi connectivity index (χ2v) is 6.18. The van der Waals surface area contributed by atoms with Crippen molar-refractivity contribution in [3.8, 4) is 5.75 Å². The van der Waals surface area contributed by atoms with Crippen molar-refractivity contribution in [1.29, 1.82) is 0 Å². The highest BCUT2D eigenvalue weighted by molar-refractivity contribution is 5.32. The van der Waals surface area contributed by atoms with E-state index >= 15 is 0 Å². The minimum absolute atomic E-state index is 0.751. The summed E-state index contributed by atoms with van der Waals surface area (Å²) in [4.78, 5) is 0. The summed E-state index contributed by atoms with van der Waals surface area (Å²) < 4.78 is 5.81. The molecule has 0 bridgehead atoms. The molecule has 2 heteroatoms. The average molecular weight is 277 g/mol. The summed E-state index contributed by atoms with van der Waals surface area (Å²) in [7, 11) is 0. The molecule has 0 radical (unpaired) electrons. The van der Waals surface area contributed by atoms with Crippen LogP contribution in [0.4, 0.5) is 0 Å². The molecule has 1 aromatic rings. The Hall–Kier alpha value is -1.02. The maximum absolute atomic E-state index is 5.81. The van der Waals surface area contributed by atoms with Gasteiger partial charge in [0.15, 0.2) is 0 Å². The van der Waals surface area contributed by atoms with Crippen molar-refractivity contribution in [3.05, 3.63) is 29.3 Å². The van der Waals surface area contributed by atoms with Gasteiger partial charge in [0.05, 0.1) is 6.61 Å². The summed E-state index contributed by atoms with van der Waals surface area (Å²) in [5, 5.41) is 3.48. The van der Waals surface area contributed by atoms with E-state index in [4.69, 9.17) is 4.74 Å². The van der Waals surface area contributed by atoms with Gasteiger partial charge in [-0.2, -0.15) is 0 Å². The van der Waals surface area contributed by atoms with Crippen LogP contribution >= 0.6 is 0 Å². The van der Waals surface area contributed by atoms with E-state index in [-0.39, 0.29) is 0 Å². The SMILES string of the molecule is Cc1cc(C)cc(OCCCCCCNCC(C)C)c1. The highest BCUT2D eigenvalue weighted by Gasteiger charge is 1.97. The Kier molecular flexibility index (Phi) is 8.36. The maximum atomic E-state index is 5.81. The first kappa shape index (κ1) is 17.0. The summed E-state index contributed by atoms with van der Waals surface area (Å²) in [5.41, 5.74) is 2.55. The van der Waals surface area contributed by atoms with Crippen LogP contribution in [0, 0.1) is 19.8 Å². The molecule has 0 aromatic heterocycles. The van der Waals surface area contributed by atoms with E-state index in [1.807, 2.05) is 0 Å². The van der Waals surface area contributed by atoms with Crippen LogP contribution in [0.15, 0.2) is 18.2 Å². The monoisotopic (exact) mass is 277 g/mol. The van der Waals surface area contributed by atoms with Crippen molar-refractivity contribution in [2.45, 2.75) is 53.4 Å². The van der Waals surface area contributed by atoms with Gasteiger partial charge in [0.1, 0.15) is 5.75 Å². The predicted octanol–water partition coefficient (Wildman–Crippen LogP) is 4.49. The Morgan fingerprint density at radius 2 is 1.60 bits per heavy atom. The third-order valence-electron chi connectivity index (χ3n) is 3.26. The zero-order chi connectivity index (χ0) is 14.8. The van der Waals surface area contributed by atoms with E-state index in [1.165, 1.54) is 30.4 Å². The molecule has 0 aliphatic rings. The van der Waals surface area contributed by atoms with Crippen molar-refractivity contribution in [1.82, 2.24) is 5.32 Å². The molecule has 0 aliphatic carbocycles. The molecule has 0 saturated carbocycles. The summed E-state index contributed by atoms with van der Waals surface area (Å²) >= 11 is 0.